The van der Waals surface area contributed by atoms with E-state index in [4.69, 9.17) is 5.10 Å². The number of aryl methyl sites for hydroxylation is 2. The lowest BCUT2D eigenvalue weighted by atomic mass is 9.55. The highest BCUT2D eigenvalue weighted by Crippen LogP contribution is 2.60. The molecule has 0 radical (unpaired) electrons. The van der Waals surface area contributed by atoms with E-state index in [-0.39, 0.29) is 5.41 Å². The fourth-order valence-corrected chi connectivity index (χ4v) is 6.31. The highest BCUT2D eigenvalue weighted by molar-refractivity contribution is 5.93. The molecular formula is C24H30N4O. The lowest BCUT2D eigenvalue weighted by Gasteiger charge is -2.49. The second-order valence-electron chi connectivity index (χ2n) is 9.21. The van der Waals surface area contributed by atoms with Crippen molar-refractivity contribution in [3.8, 4) is 5.75 Å². The van der Waals surface area contributed by atoms with Crippen LogP contribution < -0.4 is 0 Å². The summed E-state index contributed by atoms with van der Waals surface area (Å²) in [5.41, 5.74) is 5.32. The van der Waals surface area contributed by atoms with Crippen molar-refractivity contribution in [1.29, 1.82) is 0 Å². The zero-order valence-electron chi connectivity index (χ0n) is 17.4. The number of rotatable bonds is 3. The van der Waals surface area contributed by atoms with Crippen LogP contribution in [0, 0.1) is 17.3 Å². The van der Waals surface area contributed by atoms with Crippen LogP contribution in [0.5, 0.6) is 5.75 Å². The molecule has 0 spiro atoms. The molecule has 0 saturated heterocycles. The summed E-state index contributed by atoms with van der Waals surface area (Å²) in [5, 5.41) is 23.3. The van der Waals surface area contributed by atoms with Crippen molar-refractivity contribution < 1.29 is 5.11 Å². The molecule has 3 aliphatic carbocycles. The summed E-state index contributed by atoms with van der Waals surface area (Å²) in [6.45, 7) is 5.38. The molecule has 5 rings (SSSR count). The van der Waals surface area contributed by atoms with Gasteiger partial charge in [0.15, 0.2) is 0 Å². The average molecular weight is 391 g/mol. The second kappa shape index (κ2) is 7.12. The maximum absolute atomic E-state index is 9.86. The van der Waals surface area contributed by atoms with Gasteiger partial charge in [-0.05, 0) is 86.5 Å². The molecule has 2 saturated carbocycles. The Balaban J connectivity index is 1.37. The first-order valence-electron chi connectivity index (χ1n) is 11.0. The van der Waals surface area contributed by atoms with Gasteiger partial charge in [0.1, 0.15) is 5.75 Å². The van der Waals surface area contributed by atoms with Gasteiger partial charge in [-0.3, -0.25) is 4.68 Å². The van der Waals surface area contributed by atoms with Crippen LogP contribution in [-0.4, -0.2) is 26.8 Å². The first-order valence-corrected chi connectivity index (χ1v) is 11.0. The van der Waals surface area contributed by atoms with Crippen LogP contribution in [0.1, 0.15) is 68.6 Å². The van der Waals surface area contributed by atoms with Crippen molar-refractivity contribution in [1.82, 2.24) is 9.78 Å². The SMILES string of the molecule is CCn1cc(/C=N\N=C2\CC[C@@H]3[C@@H]4CCc5cc(O)ccc5[C@H]4CC[C@@]23C)cn1. The number of hydrogen-bond donors (Lipinski definition) is 1. The molecule has 3 aliphatic rings. The van der Waals surface area contributed by atoms with Gasteiger partial charge in [0.25, 0.3) is 0 Å². The summed E-state index contributed by atoms with van der Waals surface area (Å²) >= 11 is 0. The molecule has 5 heteroatoms. The predicted molar refractivity (Wildman–Crippen MR) is 116 cm³/mol. The van der Waals surface area contributed by atoms with E-state index in [0.717, 1.165) is 30.9 Å². The number of fused-ring (bicyclic) bond motifs is 5. The number of nitrogens with zero attached hydrogens (tertiary/aromatic N) is 4. The van der Waals surface area contributed by atoms with Crippen LogP contribution in [0.2, 0.25) is 0 Å². The Bertz CT molecular complexity index is 975. The van der Waals surface area contributed by atoms with Gasteiger partial charge in [0.2, 0.25) is 0 Å². The van der Waals surface area contributed by atoms with E-state index in [1.807, 2.05) is 35.4 Å². The minimum absolute atomic E-state index is 0.181. The van der Waals surface area contributed by atoms with E-state index < -0.39 is 0 Å². The normalized spacial score (nSPS) is 32.3. The number of phenols is 1. The summed E-state index contributed by atoms with van der Waals surface area (Å²) in [6, 6.07) is 6.02. The lowest BCUT2D eigenvalue weighted by molar-refractivity contribution is 0.0955. The Morgan fingerprint density at radius 1 is 1.28 bits per heavy atom. The molecule has 0 aliphatic heterocycles. The monoisotopic (exact) mass is 390 g/mol. The molecule has 1 N–H and O–H groups in total. The maximum atomic E-state index is 9.86. The van der Waals surface area contributed by atoms with E-state index in [2.05, 4.69) is 30.1 Å². The first kappa shape index (κ1) is 18.6. The van der Waals surface area contributed by atoms with Crippen LogP contribution in [-0.2, 0) is 13.0 Å². The van der Waals surface area contributed by atoms with Gasteiger partial charge in [0.05, 0.1) is 12.4 Å². The number of aromatic nitrogens is 2. The van der Waals surface area contributed by atoms with Gasteiger partial charge in [-0.25, -0.2) is 0 Å². The van der Waals surface area contributed by atoms with E-state index in [9.17, 15) is 5.11 Å². The Morgan fingerprint density at radius 2 is 2.17 bits per heavy atom. The van der Waals surface area contributed by atoms with Crippen LogP contribution in [0.4, 0.5) is 0 Å². The topological polar surface area (TPSA) is 62.8 Å². The molecule has 1 aromatic carbocycles. The molecule has 1 aromatic heterocycles. The number of hydrogen-bond acceptors (Lipinski definition) is 4. The largest absolute Gasteiger partial charge is 0.508 e. The lowest BCUT2D eigenvalue weighted by Crippen LogP contribution is -2.42. The molecule has 1 heterocycles. The van der Waals surface area contributed by atoms with Gasteiger partial charge < -0.3 is 5.11 Å². The Hall–Kier alpha value is -2.43. The van der Waals surface area contributed by atoms with Gasteiger partial charge in [0, 0.05) is 29.4 Å². The summed E-state index contributed by atoms with van der Waals surface area (Å²) in [7, 11) is 0. The number of aromatic hydroxyl groups is 1. The highest BCUT2D eigenvalue weighted by atomic mass is 16.3. The summed E-state index contributed by atoms with van der Waals surface area (Å²) in [6.07, 6.45) is 12.7. The summed E-state index contributed by atoms with van der Waals surface area (Å²) < 4.78 is 1.91. The molecule has 0 amide bonds. The quantitative estimate of drug-likeness (QED) is 0.596. The molecule has 2 fully saturated rings. The van der Waals surface area contributed by atoms with E-state index in [1.165, 1.54) is 42.5 Å². The smallest absolute Gasteiger partial charge is 0.115 e. The third-order valence-electron chi connectivity index (χ3n) is 7.81. The Labute approximate surface area is 172 Å². The van der Waals surface area contributed by atoms with Crippen molar-refractivity contribution in [2.75, 3.05) is 0 Å². The Morgan fingerprint density at radius 3 is 3.00 bits per heavy atom. The fraction of sp³-hybridized carbons (Fsp3) is 0.542. The van der Waals surface area contributed by atoms with Gasteiger partial charge in [-0.15, -0.1) is 0 Å². The van der Waals surface area contributed by atoms with Crippen LogP contribution in [0.3, 0.4) is 0 Å². The zero-order chi connectivity index (χ0) is 20.0. The van der Waals surface area contributed by atoms with Gasteiger partial charge >= 0.3 is 0 Å². The summed E-state index contributed by atoms with van der Waals surface area (Å²) in [4.78, 5) is 0. The summed E-state index contributed by atoms with van der Waals surface area (Å²) in [5.74, 6) is 2.46. The fourth-order valence-electron chi connectivity index (χ4n) is 6.31. The molecule has 0 unspecified atom stereocenters. The van der Waals surface area contributed by atoms with Crippen molar-refractivity contribution in [2.24, 2.45) is 27.5 Å². The van der Waals surface area contributed by atoms with Crippen molar-refractivity contribution >= 4 is 11.9 Å². The minimum Gasteiger partial charge on any atom is -0.508 e. The van der Waals surface area contributed by atoms with Crippen LogP contribution in [0.25, 0.3) is 0 Å². The molecule has 152 valence electrons. The molecule has 5 nitrogen and oxygen atoms in total. The van der Waals surface area contributed by atoms with E-state index in [0.29, 0.717) is 17.6 Å². The highest BCUT2D eigenvalue weighted by Gasteiger charge is 2.53. The van der Waals surface area contributed by atoms with Crippen molar-refractivity contribution in [2.45, 2.75) is 64.8 Å². The third-order valence-corrected chi connectivity index (χ3v) is 7.81. The zero-order valence-corrected chi connectivity index (χ0v) is 17.4. The minimum atomic E-state index is 0.181. The Kier molecular flexibility index (Phi) is 4.56. The number of benzene rings is 1. The van der Waals surface area contributed by atoms with Crippen molar-refractivity contribution in [3.63, 3.8) is 0 Å². The maximum Gasteiger partial charge on any atom is 0.115 e. The molecule has 29 heavy (non-hydrogen) atoms. The molecule has 4 atom stereocenters. The second-order valence-corrected chi connectivity index (χ2v) is 9.21. The van der Waals surface area contributed by atoms with E-state index in [1.54, 1.807) is 0 Å². The standard InChI is InChI=1S/C24H30N4O/c1-3-28-15-16(14-26-28)13-25-27-23-9-8-22-21-6-4-17-12-18(29)5-7-19(17)20(21)10-11-24(22,23)2/h5,7,12-15,20-22,29H,3-4,6,8-11H2,1-2H3/b25-13-,27-23-/t20-,21-,22-,24-/m1/s1. The van der Waals surface area contributed by atoms with Gasteiger partial charge in [-0.1, -0.05) is 13.0 Å². The van der Waals surface area contributed by atoms with E-state index >= 15 is 0 Å². The number of phenolic OH excluding ortho intramolecular Hbond substituents is 1. The van der Waals surface area contributed by atoms with Crippen LogP contribution >= 0.6 is 0 Å². The van der Waals surface area contributed by atoms with Gasteiger partial charge in [-0.2, -0.15) is 15.3 Å². The third kappa shape index (κ3) is 3.11. The first-order chi connectivity index (χ1) is 14.1. The molecule has 0 bridgehead atoms. The van der Waals surface area contributed by atoms with Crippen molar-refractivity contribution in [3.05, 3.63) is 47.3 Å². The van der Waals surface area contributed by atoms with Crippen LogP contribution in [0.15, 0.2) is 40.8 Å². The predicted octanol–water partition coefficient (Wildman–Crippen LogP) is 4.94. The molecular weight excluding hydrogens is 360 g/mol. The average Bonchev–Trinajstić information content (AvgIpc) is 3.32. The molecule has 2 aromatic rings.